The van der Waals surface area contributed by atoms with Crippen LogP contribution in [-0.4, -0.2) is 14.1 Å². The van der Waals surface area contributed by atoms with Gasteiger partial charge in [-0.3, -0.25) is 4.57 Å². The van der Waals surface area contributed by atoms with Crippen LogP contribution >= 0.6 is 0 Å². The summed E-state index contributed by atoms with van der Waals surface area (Å²) in [5.41, 5.74) is 3.58. The van der Waals surface area contributed by atoms with Gasteiger partial charge in [-0.2, -0.15) is 18.2 Å². The third-order valence-electron chi connectivity index (χ3n) is 9.01. The molecular weight excluding hydrogens is 844 g/mol. The van der Waals surface area contributed by atoms with E-state index in [9.17, 15) is 0 Å². The van der Waals surface area contributed by atoms with Crippen LogP contribution in [0.1, 0.15) is 13.7 Å². The van der Waals surface area contributed by atoms with Crippen LogP contribution < -0.4 is 9.30 Å². The van der Waals surface area contributed by atoms with Crippen molar-refractivity contribution in [1.29, 1.82) is 0 Å². The van der Waals surface area contributed by atoms with Gasteiger partial charge in [0, 0.05) is 44.3 Å². The first-order chi connectivity index (χ1) is 30.4. The average Bonchev–Trinajstić information content (AvgIpc) is 3.85. The van der Waals surface area contributed by atoms with Crippen molar-refractivity contribution in [3.05, 3.63) is 200 Å². The summed E-state index contributed by atoms with van der Waals surface area (Å²) in [5, 5.41) is 2.02. The molecule has 7 aromatic carbocycles. The van der Waals surface area contributed by atoms with E-state index in [0.717, 1.165) is 27.6 Å². The second kappa shape index (κ2) is 14.1. The summed E-state index contributed by atoms with van der Waals surface area (Å²) in [5.74, 6) is 1.53. The number of benzene rings is 7. The van der Waals surface area contributed by atoms with Crippen molar-refractivity contribution in [2.75, 3.05) is 0 Å². The number of imidazole rings is 1. The van der Waals surface area contributed by atoms with E-state index in [1.807, 2.05) is 71.3 Å². The van der Waals surface area contributed by atoms with Gasteiger partial charge in [-0.1, -0.05) is 133 Å². The Bertz CT molecular complexity index is 3380. The van der Waals surface area contributed by atoms with E-state index in [2.05, 4.69) is 29.5 Å². The van der Waals surface area contributed by atoms with Gasteiger partial charge in [0.15, 0.2) is 0 Å². The van der Waals surface area contributed by atoms with Gasteiger partial charge < -0.3 is 13.9 Å². The molecule has 0 amide bonds. The minimum Gasteiger partial charge on any atom is -0.510 e. The van der Waals surface area contributed by atoms with Crippen molar-refractivity contribution in [3.63, 3.8) is 0 Å². The maximum Gasteiger partial charge on any atom is 0.268 e. The maximum absolute atomic E-state index is 8.95. The van der Waals surface area contributed by atoms with Crippen molar-refractivity contribution in [2.45, 2.75) is 0 Å². The van der Waals surface area contributed by atoms with E-state index in [1.165, 1.54) is 0 Å². The van der Waals surface area contributed by atoms with E-state index in [0.29, 0.717) is 28.2 Å². The molecular formula is C48H30N4OPt-2. The molecule has 260 valence electrons. The smallest absolute Gasteiger partial charge is 0.268 e. The van der Waals surface area contributed by atoms with Crippen molar-refractivity contribution in [2.24, 2.45) is 0 Å². The fourth-order valence-corrected chi connectivity index (χ4v) is 6.76. The second-order valence-corrected chi connectivity index (χ2v) is 12.1. The molecule has 0 aliphatic carbocycles. The van der Waals surface area contributed by atoms with Gasteiger partial charge in [-0.05, 0) is 51.5 Å². The summed E-state index contributed by atoms with van der Waals surface area (Å²) < 4.78 is 98.2. The summed E-state index contributed by atoms with van der Waals surface area (Å²) >= 11 is 0. The fourth-order valence-electron chi connectivity index (χ4n) is 6.76. The number of aromatic nitrogens is 4. The molecule has 5 nitrogen and oxygen atoms in total. The quantitative estimate of drug-likeness (QED) is 0.118. The summed E-state index contributed by atoms with van der Waals surface area (Å²) in [4.78, 5) is 4.62. The zero-order valence-corrected chi connectivity index (χ0v) is 30.3. The molecule has 0 atom stereocenters. The molecule has 0 aliphatic rings. The largest absolute Gasteiger partial charge is 0.510 e. The molecule has 0 saturated carbocycles. The summed E-state index contributed by atoms with van der Waals surface area (Å²) in [6.07, 6.45) is 5.12. The number of pyridine rings is 1. The molecule has 0 N–H and O–H groups in total. The monoisotopic (exact) mass is 883 g/mol. The molecule has 0 fully saturated rings. The number of hydrogen-bond donors (Lipinski definition) is 0. The Morgan fingerprint density at radius 1 is 0.593 bits per heavy atom. The first-order valence-electron chi connectivity index (χ1n) is 21.7. The van der Waals surface area contributed by atoms with Crippen LogP contribution in [0, 0.1) is 18.5 Å². The molecule has 0 unspecified atom stereocenters. The maximum atomic E-state index is 8.95. The number of fused-ring (bicyclic) bond motifs is 4. The Balaban J connectivity index is 0.00000518. The minimum absolute atomic E-state index is 0. The zero-order chi connectivity index (χ0) is 43.8. The van der Waals surface area contributed by atoms with Gasteiger partial charge in [0.1, 0.15) is 5.82 Å². The molecule has 3 aromatic heterocycles. The molecule has 0 bridgehead atoms. The van der Waals surface area contributed by atoms with Crippen LogP contribution in [0.4, 0.5) is 0 Å². The molecule has 10 aromatic rings. The Kier molecular flexibility index (Phi) is 6.25. The predicted octanol–water partition coefficient (Wildman–Crippen LogP) is 10.9. The van der Waals surface area contributed by atoms with Gasteiger partial charge in [0.25, 0.3) is 6.33 Å². The van der Waals surface area contributed by atoms with Crippen molar-refractivity contribution in [1.82, 2.24) is 14.1 Å². The first kappa shape index (κ1) is 23.9. The number of ether oxygens (including phenoxy) is 1. The SMILES string of the molecule is [2H]c1c([2H])c([2H])c(-c2cccc(-c3c([2H])c([2H])c([2H])c([2H])c3[2H])c2-[n+]2[c-]n(-c3[c-]c(Oc4[c-]c5c(cc4)c4ccccc4n5-c4ccccn4)ccc3)c3ccccc32)c([2H])c1[2H].[Pt]. The standard InChI is InChI=1S/C48H30N4O.Pt/c1-3-15-34(16-4-1)39-22-14-23-40(35-17-5-2-6-18-35)48(39)51-33-50(44-25-9-10-26-45(44)51)36-19-13-20-37(31-36)53-38-28-29-42-41-21-7-8-24-43(41)52(46(42)32-38)47-27-11-12-30-49-47;/h1-30H;/q-2;/i1D,2D,3D,4D,5D,6D,15D,16D,17D,18D;. The molecule has 0 radical (unpaired) electrons. The zero-order valence-electron chi connectivity index (χ0n) is 38.1. The molecule has 10 rings (SSSR count). The van der Waals surface area contributed by atoms with Gasteiger partial charge in [0.05, 0.1) is 30.4 Å². The molecule has 6 heteroatoms. The Labute approximate surface area is 341 Å². The Hall–Kier alpha value is -6.55. The summed E-state index contributed by atoms with van der Waals surface area (Å²) in [6.45, 7) is 0. The van der Waals surface area contributed by atoms with E-state index in [4.69, 9.17) is 18.4 Å². The predicted molar refractivity (Wildman–Crippen MR) is 211 cm³/mol. The fraction of sp³-hybridized carbons (Fsp3) is 0. The number of hydrogen-bond acceptors (Lipinski definition) is 2. The van der Waals surface area contributed by atoms with E-state index >= 15 is 0 Å². The van der Waals surface area contributed by atoms with Crippen LogP contribution in [0.15, 0.2) is 182 Å². The second-order valence-electron chi connectivity index (χ2n) is 12.1. The van der Waals surface area contributed by atoms with Crippen LogP contribution in [-0.2, 0) is 21.1 Å². The van der Waals surface area contributed by atoms with Crippen molar-refractivity contribution in [3.8, 4) is 50.9 Å². The van der Waals surface area contributed by atoms with E-state index in [1.54, 1.807) is 57.8 Å². The average molecular weight is 884 g/mol. The molecule has 3 heterocycles. The topological polar surface area (TPSA) is 35.9 Å². The first-order valence-corrected chi connectivity index (χ1v) is 16.7. The van der Waals surface area contributed by atoms with Crippen LogP contribution in [0.25, 0.3) is 72.3 Å². The van der Waals surface area contributed by atoms with Gasteiger partial charge in [-0.25, -0.2) is 4.98 Å². The molecule has 54 heavy (non-hydrogen) atoms. The van der Waals surface area contributed by atoms with Crippen LogP contribution in [0.2, 0.25) is 0 Å². The third-order valence-corrected chi connectivity index (χ3v) is 9.01. The van der Waals surface area contributed by atoms with Gasteiger partial charge in [0.2, 0.25) is 0 Å². The van der Waals surface area contributed by atoms with Gasteiger partial charge >= 0.3 is 0 Å². The Morgan fingerprint density at radius 2 is 1.26 bits per heavy atom. The third kappa shape index (κ3) is 5.80. The number of nitrogens with zero attached hydrogens (tertiary/aromatic N) is 4. The number of rotatable bonds is 7. The molecule has 0 spiro atoms. The van der Waals surface area contributed by atoms with E-state index < -0.39 is 60.4 Å². The summed E-state index contributed by atoms with van der Waals surface area (Å²) in [7, 11) is 0. The minimum atomic E-state index is -0.571. The van der Waals surface area contributed by atoms with Crippen molar-refractivity contribution >= 4 is 32.8 Å². The normalized spacial score (nSPS) is 13.8. The molecule has 0 aliphatic heterocycles. The summed E-state index contributed by atoms with van der Waals surface area (Å²) in [6, 6.07) is 36.6. The van der Waals surface area contributed by atoms with Crippen LogP contribution in [0.5, 0.6) is 11.5 Å². The van der Waals surface area contributed by atoms with Crippen molar-refractivity contribution < 1.29 is 44.1 Å². The Morgan fingerprint density at radius 3 is 2.00 bits per heavy atom. The van der Waals surface area contributed by atoms with E-state index in [-0.39, 0.29) is 49.0 Å². The number of para-hydroxylation sites is 4. The van der Waals surface area contributed by atoms with Crippen LogP contribution in [0.3, 0.4) is 0 Å². The molecule has 0 saturated heterocycles. The van der Waals surface area contributed by atoms with Gasteiger partial charge in [-0.15, -0.1) is 29.7 Å².